The summed E-state index contributed by atoms with van der Waals surface area (Å²) in [5.74, 6) is 0.159. The van der Waals surface area contributed by atoms with E-state index in [4.69, 9.17) is 14.2 Å². The van der Waals surface area contributed by atoms with Crippen molar-refractivity contribution in [3.63, 3.8) is 0 Å². The number of amides is 1. The molecule has 0 atom stereocenters. The van der Waals surface area contributed by atoms with Crippen LogP contribution in [0.3, 0.4) is 0 Å². The standard InChI is InChI=1S/C22H22N2O5/c1-4-11-24-21(25)17(14-23)12-15-5-10-19(20(13-15)28-3)29-22(26)16-6-8-18(27-2)9-7-16/h5-10,12-13H,4,11H2,1-3H3,(H,24,25)/b17-12+. The molecule has 0 aromatic heterocycles. The Balaban J connectivity index is 2.21. The molecule has 0 saturated heterocycles. The van der Waals surface area contributed by atoms with Gasteiger partial charge in [-0.15, -0.1) is 0 Å². The lowest BCUT2D eigenvalue weighted by atomic mass is 10.1. The molecule has 0 spiro atoms. The first-order valence-electron chi connectivity index (χ1n) is 8.96. The molecule has 7 heteroatoms. The summed E-state index contributed by atoms with van der Waals surface area (Å²) in [4.78, 5) is 24.3. The number of esters is 1. The van der Waals surface area contributed by atoms with Crippen molar-refractivity contribution < 1.29 is 23.8 Å². The molecule has 150 valence electrons. The average Bonchev–Trinajstić information content (AvgIpc) is 2.76. The smallest absolute Gasteiger partial charge is 0.343 e. The van der Waals surface area contributed by atoms with Crippen molar-refractivity contribution in [3.05, 3.63) is 59.2 Å². The maximum absolute atomic E-state index is 12.4. The fraction of sp³-hybridized carbons (Fsp3) is 0.227. The van der Waals surface area contributed by atoms with Gasteiger partial charge in [-0.25, -0.2) is 4.79 Å². The molecule has 0 saturated carbocycles. The van der Waals surface area contributed by atoms with Crippen LogP contribution in [0.15, 0.2) is 48.0 Å². The summed E-state index contributed by atoms with van der Waals surface area (Å²) >= 11 is 0. The highest BCUT2D eigenvalue weighted by Gasteiger charge is 2.14. The number of carbonyl (C=O) groups excluding carboxylic acids is 2. The van der Waals surface area contributed by atoms with Gasteiger partial charge in [0.15, 0.2) is 11.5 Å². The van der Waals surface area contributed by atoms with Crippen molar-refractivity contribution in [3.8, 4) is 23.3 Å². The topological polar surface area (TPSA) is 97.7 Å². The molecule has 1 N–H and O–H groups in total. The molecule has 0 aliphatic rings. The Kier molecular flexibility index (Phi) is 7.80. The number of hydrogen-bond donors (Lipinski definition) is 1. The Morgan fingerprint density at radius 3 is 2.38 bits per heavy atom. The molecule has 0 unspecified atom stereocenters. The highest BCUT2D eigenvalue weighted by Crippen LogP contribution is 2.30. The Bertz CT molecular complexity index is 943. The van der Waals surface area contributed by atoms with Crippen LogP contribution in [0, 0.1) is 11.3 Å². The first-order valence-corrected chi connectivity index (χ1v) is 8.96. The molecule has 2 rings (SSSR count). The van der Waals surface area contributed by atoms with Gasteiger partial charge in [-0.3, -0.25) is 4.79 Å². The SMILES string of the molecule is CCCNC(=O)/C(C#N)=C/c1ccc(OC(=O)c2ccc(OC)cc2)c(OC)c1. The zero-order valence-corrected chi connectivity index (χ0v) is 16.5. The van der Waals surface area contributed by atoms with Crippen LogP contribution in [0.2, 0.25) is 0 Å². The molecule has 2 aromatic rings. The Morgan fingerprint density at radius 1 is 1.07 bits per heavy atom. The fourth-order valence-corrected chi connectivity index (χ4v) is 2.39. The number of rotatable bonds is 8. The third-order valence-electron chi connectivity index (χ3n) is 3.93. The monoisotopic (exact) mass is 394 g/mol. The summed E-state index contributed by atoms with van der Waals surface area (Å²) < 4.78 is 15.8. The van der Waals surface area contributed by atoms with Gasteiger partial charge in [0, 0.05) is 6.54 Å². The highest BCUT2D eigenvalue weighted by atomic mass is 16.6. The summed E-state index contributed by atoms with van der Waals surface area (Å²) in [6, 6.07) is 13.2. The third-order valence-corrected chi connectivity index (χ3v) is 3.93. The van der Waals surface area contributed by atoms with E-state index in [2.05, 4.69) is 5.32 Å². The number of nitriles is 1. The van der Waals surface area contributed by atoms with Crippen LogP contribution < -0.4 is 19.5 Å². The van der Waals surface area contributed by atoms with Crippen molar-refractivity contribution >= 4 is 18.0 Å². The van der Waals surface area contributed by atoms with E-state index in [1.807, 2.05) is 13.0 Å². The fourth-order valence-electron chi connectivity index (χ4n) is 2.39. The Morgan fingerprint density at radius 2 is 1.79 bits per heavy atom. The van der Waals surface area contributed by atoms with E-state index in [-0.39, 0.29) is 11.3 Å². The summed E-state index contributed by atoms with van der Waals surface area (Å²) in [6.45, 7) is 2.41. The van der Waals surface area contributed by atoms with E-state index in [1.165, 1.54) is 13.2 Å². The molecule has 29 heavy (non-hydrogen) atoms. The zero-order valence-electron chi connectivity index (χ0n) is 16.5. The Hall–Kier alpha value is -3.79. The minimum atomic E-state index is -0.550. The van der Waals surface area contributed by atoms with Gasteiger partial charge in [0.25, 0.3) is 5.91 Å². The normalized spacial score (nSPS) is 10.6. The minimum Gasteiger partial charge on any atom is -0.497 e. The van der Waals surface area contributed by atoms with E-state index >= 15 is 0 Å². The van der Waals surface area contributed by atoms with Crippen molar-refractivity contribution in [2.75, 3.05) is 20.8 Å². The van der Waals surface area contributed by atoms with E-state index < -0.39 is 11.9 Å². The van der Waals surface area contributed by atoms with Crippen LogP contribution in [0.5, 0.6) is 17.2 Å². The number of nitrogens with zero attached hydrogens (tertiary/aromatic N) is 1. The number of ether oxygens (including phenoxy) is 3. The van der Waals surface area contributed by atoms with Gasteiger partial charge in [0.2, 0.25) is 0 Å². The van der Waals surface area contributed by atoms with Crippen LogP contribution >= 0.6 is 0 Å². The van der Waals surface area contributed by atoms with Crippen LogP contribution in [0.25, 0.3) is 6.08 Å². The summed E-state index contributed by atoms with van der Waals surface area (Å²) in [5, 5.41) is 11.9. The van der Waals surface area contributed by atoms with Crippen molar-refractivity contribution in [1.29, 1.82) is 5.26 Å². The van der Waals surface area contributed by atoms with Crippen molar-refractivity contribution in [1.82, 2.24) is 5.32 Å². The number of benzene rings is 2. The lowest BCUT2D eigenvalue weighted by Gasteiger charge is -2.10. The number of nitrogens with one attached hydrogen (secondary N) is 1. The number of carbonyl (C=O) groups is 2. The maximum atomic E-state index is 12.4. The van der Waals surface area contributed by atoms with Crippen LogP contribution in [0.4, 0.5) is 0 Å². The lowest BCUT2D eigenvalue weighted by Crippen LogP contribution is -2.25. The molecule has 7 nitrogen and oxygen atoms in total. The molecule has 0 heterocycles. The van der Waals surface area contributed by atoms with Gasteiger partial charge in [0.1, 0.15) is 17.4 Å². The molecular formula is C22H22N2O5. The van der Waals surface area contributed by atoms with Crippen LogP contribution in [0.1, 0.15) is 29.3 Å². The van der Waals surface area contributed by atoms with Crippen LogP contribution in [-0.2, 0) is 4.79 Å². The summed E-state index contributed by atoms with van der Waals surface area (Å²) in [6.07, 6.45) is 2.22. The largest absolute Gasteiger partial charge is 0.497 e. The Labute approximate surface area is 169 Å². The van der Waals surface area contributed by atoms with Crippen molar-refractivity contribution in [2.45, 2.75) is 13.3 Å². The average molecular weight is 394 g/mol. The van der Waals surface area contributed by atoms with Gasteiger partial charge in [-0.05, 0) is 54.5 Å². The summed E-state index contributed by atoms with van der Waals surface area (Å²) in [7, 11) is 2.98. The second kappa shape index (κ2) is 10.5. The molecule has 2 aromatic carbocycles. The maximum Gasteiger partial charge on any atom is 0.343 e. The predicted octanol–water partition coefficient (Wildman–Crippen LogP) is 3.36. The van der Waals surface area contributed by atoms with Gasteiger partial charge in [0.05, 0.1) is 19.8 Å². The highest BCUT2D eigenvalue weighted by molar-refractivity contribution is 6.01. The van der Waals surface area contributed by atoms with Gasteiger partial charge in [-0.1, -0.05) is 13.0 Å². The molecule has 0 bridgehead atoms. The van der Waals surface area contributed by atoms with E-state index in [0.29, 0.717) is 29.2 Å². The van der Waals surface area contributed by atoms with E-state index in [0.717, 1.165) is 6.42 Å². The molecule has 0 aliphatic carbocycles. The van der Waals surface area contributed by atoms with Gasteiger partial charge < -0.3 is 19.5 Å². The minimum absolute atomic E-state index is 0.0246. The van der Waals surface area contributed by atoms with Gasteiger partial charge >= 0.3 is 5.97 Å². The number of methoxy groups -OCH3 is 2. The van der Waals surface area contributed by atoms with E-state index in [1.54, 1.807) is 49.6 Å². The zero-order chi connectivity index (χ0) is 21.2. The third kappa shape index (κ3) is 5.84. The second-order valence-corrected chi connectivity index (χ2v) is 5.95. The number of hydrogen-bond acceptors (Lipinski definition) is 6. The predicted molar refractivity (Wildman–Crippen MR) is 108 cm³/mol. The van der Waals surface area contributed by atoms with Crippen molar-refractivity contribution in [2.24, 2.45) is 0 Å². The first-order chi connectivity index (χ1) is 14.0. The molecule has 0 fully saturated rings. The second-order valence-electron chi connectivity index (χ2n) is 5.95. The quantitative estimate of drug-likeness (QED) is 0.319. The van der Waals surface area contributed by atoms with Crippen LogP contribution in [-0.4, -0.2) is 32.6 Å². The van der Waals surface area contributed by atoms with E-state index in [9.17, 15) is 14.9 Å². The molecular weight excluding hydrogens is 372 g/mol. The molecule has 0 aliphatic heterocycles. The molecule has 0 radical (unpaired) electrons. The lowest BCUT2D eigenvalue weighted by molar-refractivity contribution is -0.117. The summed E-state index contributed by atoms with van der Waals surface area (Å²) in [5.41, 5.74) is 0.897. The first kappa shape index (κ1) is 21.5. The van der Waals surface area contributed by atoms with Gasteiger partial charge in [-0.2, -0.15) is 5.26 Å². The molecule has 1 amide bonds.